The smallest absolute Gasteiger partial charge is 0.0426 e. The Morgan fingerprint density at radius 1 is 1.38 bits per heavy atom. The predicted molar refractivity (Wildman–Crippen MR) is 68.0 cm³/mol. The number of benzene rings is 1. The maximum atomic E-state index is 6.04. The van der Waals surface area contributed by atoms with E-state index >= 15 is 0 Å². The molecule has 0 amide bonds. The van der Waals surface area contributed by atoms with E-state index in [-0.39, 0.29) is 0 Å². The highest BCUT2D eigenvalue weighted by Crippen LogP contribution is 2.43. The van der Waals surface area contributed by atoms with Gasteiger partial charge in [-0.1, -0.05) is 17.7 Å². The van der Waals surface area contributed by atoms with Gasteiger partial charge in [-0.3, -0.25) is 0 Å². The average Bonchev–Trinajstić information content (AvgIpc) is 3.10. The van der Waals surface area contributed by atoms with Crippen molar-refractivity contribution in [2.75, 3.05) is 11.9 Å². The Morgan fingerprint density at radius 2 is 2.19 bits per heavy atom. The Kier molecular flexibility index (Phi) is 2.56. The summed E-state index contributed by atoms with van der Waals surface area (Å²) in [6.45, 7) is 0.736. The molecule has 0 bridgehead atoms. The number of nitrogens with two attached hydrogens (primary N) is 1. The maximum Gasteiger partial charge on any atom is 0.0426 e. The van der Waals surface area contributed by atoms with Crippen LogP contribution in [-0.2, 0) is 0 Å². The SMILES string of the molecule is NCC1CC(C2CC2)Nc2cc(Cl)ccc21. The first-order valence-electron chi connectivity index (χ1n) is 6.04. The second kappa shape index (κ2) is 3.94. The lowest BCUT2D eigenvalue weighted by atomic mass is 9.85. The van der Waals surface area contributed by atoms with E-state index in [1.807, 2.05) is 12.1 Å². The first-order valence-corrected chi connectivity index (χ1v) is 6.42. The molecule has 3 heteroatoms. The summed E-state index contributed by atoms with van der Waals surface area (Å²) >= 11 is 6.04. The van der Waals surface area contributed by atoms with Gasteiger partial charge in [0.2, 0.25) is 0 Å². The summed E-state index contributed by atoms with van der Waals surface area (Å²) < 4.78 is 0. The fourth-order valence-corrected chi connectivity index (χ4v) is 2.91. The Bertz CT molecular complexity index is 401. The number of halogens is 1. The zero-order chi connectivity index (χ0) is 11.1. The summed E-state index contributed by atoms with van der Waals surface area (Å²) in [5, 5.41) is 4.43. The molecule has 3 N–H and O–H groups in total. The quantitative estimate of drug-likeness (QED) is 0.829. The lowest BCUT2D eigenvalue weighted by molar-refractivity contribution is 0.497. The number of nitrogens with one attached hydrogen (secondary N) is 1. The maximum absolute atomic E-state index is 6.04. The summed E-state index contributed by atoms with van der Waals surface area (Å²) in [5.74, 6) is 1.36. The number of hydrogen-bond donors (Lipinski definition) is 2. The van der Waals surface area contributed by atoms with Gasteiger partial charge in [0.25, 0.3) is 0 Å². The van der Waals surface area contributed by atoms with Crippen LogP contribution in [0.1, 0.15) is 30.7 Å². The second-order valence-electron chi connectivity index (χ2n) is 4.99. The van der Waals surface area contributed by atoms with E-state index in [0.29, 0.717) is 12.0 Å². The van der Waals surface area contributed by atoms with Gasteiger partial charge >= 0.3 is 0 Å². The van der Waals surface area contributed by atoms with Crippen LogP contribution in [0.2, 0.25) is 5.02 Å². The van der Waals surface area contributed by atoms with Crippen LogP contribution in [-0.4, -0.2) is 12.6 Å². The van der Waals surface area contributed by atoms with Crippen molar-refractivity contribution < 1.29 is 0 Å². The molecule has 1 aliphatic heterocycles. The van der Waals surface area contributed by atoms with E-state index < -0.39 is 0 Å². The van der Waals surface area contributed by atoms with Crippen molar-refractivity contribution in [3.05, 3.63) is 28.8 Å². The summed E-state index contributed by atoms with van der Waals surface area (Å²) in [6.07, 6.45) is 3.91. The molecule has 1 saturated carbocycles. The molecule has 0 aromatic heterocycles. The van der Waals surface area contributed by atoms with E-state index in [0.717, 1.165) is 17.5 Å². The van der Waals surface area contributed by atoms with Gasteiger partial charge in [0.15, 0.2) is 0 Å². The van der Waals surface area contributed by atoms with E-state index in [9.17, 15) is 0 Å². The van der Waals surface area contributed by atoms with Crippen molar-refractivity contribution in [3.8, 4) is 0 Å². The molecule has 2 atom stereocenters. The van der Waals surface area contributed by atoms with Crippen molar-refractivity contribution in [2.45, 2.75) is 31.2 Å². The van der Waals surface area contributed by atoms with Crippen LogP contribution in [0.4, 0.5) is 5.69 Å². The van der Waals surface area contributed by atoms with Crippen molar-refractivity contribution in [2.24, 2.45) is 11.7 Å². The van der Waals surface area contributed by atoms with Crippen molar-refractivity contribution >= 4 is 17.3 Å². The molecular weight excluding hydrogens is 220 g/mol. The van der Waals surface area contributed by atoms with Crippen LogP contribution >= 0.6 is 11.6 Å². The Labute approximate surface area is 101 Å². The zero-order valence-corrected chi connectivity index (χ0v) is 10.0. The monoisotopic (exact) mass is 236 g/mol. The molecule has 0 saturated heterocycles. The number of hydrogen-bond acceptors (Lipinski definition) is 2. The molecule has 0 radical (unpaired) electrons. The minimum atomic E-state index is 0.499. The highest BCUT2D eigenvalue weighted by atomic mass is 35.5. The standard InChI is InChI=1S/C13H17ClN2/c14-10-3-4-11-9(7-15)5-12(8-1-2-8)16-13(11)6-10/h3-4,6,8-9,12,16H,1-2,5,7,15H2. The minimum Gasteiger partial charge on any atom is -0.382 e. The Morgan fingerprint density at radius 3 is 2.88 bits per heavy atom. The molecule has 2 aliphatic rings. The van der Waals surface area contributed by atoms with Crippen LogP contribution in [0.5, 0.6) is 0 Å². The number of fused-ring (bicyclic) bond motifs is 1. The molecule has 86 valence electrons. The first kappa shape index (κ1) is 10.4. The van der Waals surface area contributed by atoms with Gasteiger partial charge in [-0.25, -0.2) is 0 Å². The van der Waals surface area contributed by atoms with Gasteiger partial charge in [-0.15, -0.1) is 0 Å². The molecule has 1 aromatic carbocycles. The van der Waals surface area contributed by atoms with E-state index in [1.54, 1.807) is 0 Å². The third kappa shape index (κ3) is 1.80. The highest BCUT2D eigenvalue weighted by Gasteiger charge is 2.36. The fourth-order valence-electron chi connectivity index (χ4n) is 2.73. The molecule has 2 nitrogen and oxygen atoms in total. The molecular formula is C13H17ClN2. The van der Waals surface area contributed by atoms with Gasteiger partial charge in [0.1, 0.15) is 0 Å². The fraction of sp³-hybridized carbons (Fsp3) is 0.538. The van der Waals surface area contributed by atoms with E-state index in [4.69, 9.17) is 17.3 Å². The van der Waals surface area contributed by atoms with Crippen LogP contribution < -0.4 is 11.1 Å². The summed E-state index contributed by atoms with van der Waals surface area (Å²) in [7, 11) is 0. The normalized spacial score (nSPS) is 28.4. The van der Waals surface area contributed by atoms with Gasteiger partial charge < -0.3 is 11.1 Å². The first-order chi connectivity index (χ1) is 7.78. The largest absolute Gasteiger partial charge is 0.382 e. The van der Waals surface area contributed by atoms with Crippen LogP contribution in [0.25, 0.3) is 0 Å². The Hall–Kier alpha value is -0.730. The van der Waals surface area contributed by atoms with Crippen LogP contribution in [0, 0.1) is 5.92 Å². The van der Waals surface area contributed by atoms with Crippen LogP contribution in [0.3, 0.4) is 0 Å². The molecule has 16 heavy (non-hydrogen) atoms. The lowest BCUT2D eigenvalue weighted by Gasteiger charge is -2.33. The highest BCUT2D eigenvalue weighted by molar-refractivity contribution is 6.30. The van der Waals surface area contributed by atoms with Crippen molar-refractivity contribution in [1.82, 2.24) is 0 Å². The third-order valence-electron chi connectivity index (χ3n) is 3.81. The van der Waals surface area contributed by atoms with E-state index in [1.165, 1.54) is 30.5 Å². The summed E-state index contributed by atoms with van der Waals surface area (Å²) in [6, 6.07) is 6.72. The van der Waals surface area contributed by atoms with Gasteiger partial charge in [0, 0.05) is 22.7 Å². The minimum absolute atomic E-state index is 0.499. The zero-order valence-electron chi connectivity index (χ0n) is 9.25. The molecule has 2 unspecified atom stereocenters. The average molecular weight is 237 g/mol. The molecule has 3 rings (SSSR count). The van der Waals surface area contributed by atoms with Crippen molar-refractivity contribution in [1.29, 1.82) is 0 Å². The number of rotatable bonds is 2. The van der Waals surface area contributed by atoms with E-state index in [2.05, 4.69) is 11.4 Å². The van der Waals surface area contributed by atoms with Gasteiger partial charge in [-0.05, 0) is 49.4 Å². The predicted octanol–water partition coefficient (Wildman–Crippen LogP) is 2.98. The molecule has 1 aliphatic carbocycles. The number of anilines is 1. The van der Waals surface area contributed by atoms with Gasteiger partial charge in [-0.2, -0.15) is 0 Å². The lowest BCUT2D eigenvalue weighted by Crippen LogP contribution is -2.32. The second-order valence-corrected chi connectivity index (χ2v) is 5.42. The third-order valence-corrected chi connectivity index (χ3v) is 4.05. The van der Waals surface area contributed by atoms with Crippen LogP contribution in [0.15, 0.2) is 18.2 Å². The molecule has 1 aromatic rings. The molecule has 1 heterocycles. The van der Waals surface area contributed by atoms with Gasteiger partial charge in [0.05, 0.1) is 0 Å². The van der Waals surface area contributed by atoms with Crippen molar-refractivity contribution in [3.63, 3.8) is 0 Å². The topological polar surface area (TPSA) is 38.0 Å². The summed E-state index contributed by atoms with van der Waals surface area (Å²) in [5.41, 5.74) is 8.42. The Balaban J connectivity index is 1.94. The molecule has 1 fully saturated rings. The molecule has 0 spiro atoms. The summed E-state index contributed by atoms with van der Waals surface area (Å²) in [4.78, 5) is 0.